The predicted molar refractivity (Wildman–Crippen MR) is 33.0 cm³/mol. The van der Waals surface area contributed by atoms with Crippen LogP contribution in [0, 0.1) is 0 Å². The molecule has 0 atom stereocenters. The molecule has 0 unspecified atom stereocenters. The van der Waals surface area contributed by atoms with E-state index in [1.807, 2.05) is 30.3 Å². The summed E-state index contributed by atoms with van der Waals surface area (Å²) < 4.78 is 0. The molecule has 1 aromatic rings. The standard InChI is InChI=1S/C6H5P/c7-6-4-2-1-3-5-6/h1-5H. The SMILES string of the molecule is [P]c1ccccc1. The molecule has 0 aliphatic carbocycles. The van der Waals surface area contributed by atoms with Gasteiger partial charge < -0.3 is 0 Å². The third-order valence-corrected chi connectivity index (χ3v) is 1.05. The highest BCUT2D eigenvalue weighted by Gasteiger charge is 1.73. The van der Waals surface area contributed by atoms with Crippen molar-refractivity contribution >= 4 is 14.5 Å². The van der Waals surface area contributed by atoms with Gasteiger partial charge in [-0.15, -0.1) is 0 Å². The lowest BCUT2D eigenvalue weighted by Gasteiger charge is -1.81. The summed E-state index contributed by atoms with van der Waals surface area (Å²) in [6, 6.07) is 9.79. The summed E-state index contributed by atoms with van der Waals surface area (Å²) in [7, 11) is 4.08. The smallest absolute Gasteiger partial charge is 0.00563 e. The summed E-state index contributed by atoms with van der Waals surface area (Å²) in [5, 5.41) is 1.02. The molecule has 1 rings (SSSR count). The molecule has 0 fully saturated rings. The zero-order chi connectivity index (χ0) is 5.11. The quantitative estimate of drug-likeness (QED) is 0.444. The minimum Gasteiger partial charge on any atom is -0.0622 e. The minimum atomic E-state index is 1.02. The molecule has 0 saturated carbocycles. The fraction of sp³-hybridized carbons (Fsp3) is 0. The Kier molecular flexibility index (Phi) is 1.43. The summed E-state index contributed by atoms with van der Waals surface area (Å²) in [5.74, 6) is 0. The fourth-order valence-electron chi connectivity index (χ4n) is 0.428. The van der Waals surface area contributed by atoms with Gasteiger partial charge in [0, 0.05) is 0 Å². The van der Waals surface area contributed by atoms with Gasteiger partial charge in [-0.05, 0) is 14.5 Å². The maximum Gasteiger partial charge on any atom is -0.00563 e. The van der Waals surface area contributed by atoms with Gasteiger partial charge in [0.15, 0.2) is 0 Å². The second-order valence-electron chi connectivity index (χ2n) is 1.34. The summed E-state index contributed by atoms with van der Waals surface area (Å²) in [6.45, 7) is 0. The fourth-order valence-corrected chi connectivity index (χ4v) is 0.600. The van der Waals surface area contributed by atoms with Crippen molar-refractivity contribution in [1.29, 1.82) is 0 Å². The van der Waals surface area contributed by atoms with Gasteiger partial charge in [-0.25, -0.2) is 0 Å². The molecule has 0 aliphatic rings. The van der Waals surface area contributed by atoms with Gasteiger partial charge >= 0.3 is 0 Å². The van der Waals surface area contributed by atoms with E-state index in [9.17, 15) is 0 Å². The van der Waals surface area contributed by atoms with Gasteiger partial charge in [0.2, 0.25) is 0 Å². The van der Waals surface area contributed by atoms with E-state index < -0.39 is 0 Å². The Morgan fingerprint density at radius 3 is 1.86 bits per heavy atom. The zero-order valence-corrected chi connectivity index (χ0v) is 4.73. The second-order valence-corrected chi connectivity index (χ2v) is 1.85. The van der Waals surface area contributed by atoms with Crippen molar-refractivity contribution in [1.82, 2.24) is 0 Å². The van der Waals surface area contributed by atoms with Crippen molar-refractivity contribution < 1.29 is 0 Å². The summed E-state index contributed by atoms with van der Waals surface area (Å²) in [4.78, 5) is 0. The van der Waals surface area contributed by atoms with Crippen LogP contribution < -0.4 is 5.30 Å². The molecule has 0 amide bonds. The molecule has 7 heavy (non-hydrogen) atoms. The van der Waals surface area contributed by atoms with Crippen molar-refractivity contribution in [3.63, 3.8) is 0 Å². The second kappa shape index (κ2) is 2.09. The van der Waals surface area contributed by atoms with Crippen LogP contribution in [0.2, 0.25) is 0 Å². The van der Waals surface area contributed by atoms with E-state index in [0.717, 1.165) is 5.30 Å². The number of hydrogen-bond acceptors (Lipinski definition) is 0. The number of hydrogen-bond donors (Lipinski definition) is 0. The van der Waals surface area contributed by atoms with Crippen LogP contribution in [0.4, 0.5) is 0 Å². The van der Waals surface area contributed by atoms with E-state index in [2.05, 4.69) is 9.24 Å². The molecule has 34 valence electrons. The molecule has 0 aliphatic heterocycles. The Bertz CT molecular complexity index is 134. The van der Waals surface area contributed by atoms with E-state index in [1.54, 1.807) is 0 Å². The van der Waals surface area contributed by atoms with Crippen LogP contribution in [0.1, 0.15) is 0 Å². The number of rotatable bonds is 0. The van der Waals surface area contributed by atoms with Gasteiger partial charge in [-0.3, -0.25) is 0 Å². The van der Waals surface area contributed by atoms with Gasteiger partial charge in [-0.1, -0.05) is 30.3 Å². The Morgan fingerprint density at radius 2 is 1.57 bits per heavy atom. The van der Waals surface area contributed by atoms with Gasteiger partial charge in [-0.2, -0.15) is 0 Å². The maximum atomic E-state index is 4.08. The molecule has 1 aromatic carbocycles. The molecule has 2 radical (unpaired) electrons. The summed E-state index contributed by atoms with van der Waals surface area (Å²) >= 11 is 0. The molecule has 0 saturated heterocycles. The van der Waals surface area contributed by atoms with E-state index in [1.165, 1.54) is 0 Å². The Hall–Kier alpha value is -0.350. The van der Waals surface area contributed by atoms with Crippen LogP contribution in [-0.2, 0) is 0 Å². The molecule has 0 N–H and O–H groups in total. The van der Waals surface area contributed by atoms with E-state index >= 15 is 0 Å². The van der Waals surface area contributed by atoms with Crippen LogP contribution in [-0.4, -0.2) is 0 Å². The molecule has 0 spiro atoms. The third-order valence-electron chi connectivity index (χ3n) is 0.756. The Labute approximate surface area is 45.8 Å². The molecular formula is C6H5P. The Morgan fingerprint density at radius 1 is 1.00 bits per heavy atom. The molecule has 0 bridgehead atoms. The van der Waals surface area contributed by atoms with Gasteiger partial charge in [0.05, 0.1) is 0 Å². The van der Waals surface area contributed by atoms with Crippen molar-refractivity contribution in [3.05, 3.63) is 30.3 Å². The monoisotopic (exact) mass is 108 g/mol. The topological polar surface area (TPSA) is 0 Å². The average Bonchev–Trinajstić information content (AvgIpc) is 1.69. The normalized spacial score (nSPS) is 8.71. The van der Waals surface area contributed by atoms with Crippen LogP contribution in [0.25, 0.3) is 0 Å². The lowest BCUT2D eigenvalue weighted by Crippen LogP contribution is -1.82. The molecule has 0 heterocycles. The Balaban J connectivity index is 3.02. The predicted octanol–water partition coefficient (Wildman–Crippen LogP) is 1.72. The molecule has 0 nitrogen and oxygen atoms in total. The lowest BCUT2D eigenvalue weighted by atomic mass is 10.4. The van der Waals surface area contributed by atoms with Crippen LogP contribution in [0.15, 0.2) is 30.3 Å². The zero-order valence-electron chi connectivity index (χ0n) is 3.83. The first-order valence-corrected chi connectivity index (χ1v) is 2.58. The first-order chi connectivity index (χ1) is 3.39. The maximum absolute atomic E-state index is 4.08. The van der Waals surface area contributed by atoms with Crippen molar-refractivity contribution in [2.75, 3.05) is 0 Å². The third kappa shape index (κ3) is 1.29. The van der Waals surface area contributed by atoms with Crippen molar-refractivity contribution in [2.24, 2.45) is 0 Å². The van der Waals surface area contributed by atoms with Crippen LogP contribution >= 0.6 is 9.24 Å². The van der Waals surface area contributed by atoms with Crippen molar-refractivity contribution in [3.8, 4) is 0 Å². The number of benzene rings is 1. The van der Waals surface area contributed by atoms with E-state index in [0.29, 0.717) is 0 Å². The highest BCUT2D eigenvalue weighted by Crippen LogP contribution is 1.86. The molecule has 0 aromatic heterocycles. The molecular weight excluding hydrogens is 103 g/mol. The van der Waals surface area contributed by atoms with Crippen LogP contribution in [0.3, 0.4) is 0 Å². The largest absolute Gasteiger partial charge is 0.0622 e. The van der Waals surface area contributed by atoms with Crippen molar-refractivity contribution in [2.45, 2.75) is 0 Å². The summed E-state index contributed by atoms with van der Waals surface area (Å²) in [5.41, 5.74) is 0. The first kappa shape index (κ1) is 4.80. The highest BCUT2D eigenvalue weighted by atomic mass is 31.0. The lowest BCUT2D eigenvalue weighted by molar-refractivity contribution is 1.78. The van der Waals surface area contributed by atoms with Gasteiger partial charge in [0.25, 0.3) is 0 Å². The first-order valence-electron chi connectivity index (χ1n) is 2.13. The molecule has 1 heteroatoms. The van der Waals surface area contributed by atoms with E-state index in [-0.39, 0.29) is 0 Å². The average molecular weight is 108 g/mol. The van der Waals surface area contributed by atoms with Gasteiger partial charge in [0.1, 0.15) is 0 Å². The summed E-state index contributed by atoms with van der Waals surface area (Å²) in [6.07, 6.45) is 0. The minimum absolute atomic E-state index is 1.02. The van der Waals surface area contributed by atoms with Crippen LogP contribution in [0.5, 0.6) is 0 Å². The van der Waals surface area contributed by atoms with E-state index in [4.69, 9.17) is 0 Å². The highest BCUT2D eigenvalue weighted by molar-refractivity contribution is 7.27.